The fourth-order valence-electron chi connectivity index (χ4n) is 1.99. The lowest BCUT2D eigenvalue weighted by atomic mass is 10.2. The molecule has 1 N–H and O–H groups in total. The van der Waals surface area contributed by atoms with Gasteiger partial charge in [0.05, 0.1) is 31.1 Å². The third-order valence-corrected chi connectivity index (χ3v) is 4.86. The summed E-state index contributed by atoms with van der Waals surface area (Å²) in [5.74, 6) is 1.48. The van der Waals surface area contributed by atoms with Crippen molar-refractivity contribution in [2.45, 2.75) is 0 Å². The number of hydrogen-bond acceptors (Lipinski definition) is 5. The summed E-state index contributed by atoms with van der Waals surface area (Å²) in [5, 5.41) is 3.99. The minimum absolute atomic E-state index is 0.331. The zero-order valence-corrected chi connectivity index (χ0v) is 17.5. The molecule has 132 valence electrons. The van der Waals surface area contributed by atoms with Crippen molar-refractivity contribution in [2.75, 3.05) is 21.3 Å². The molecule has 0 saturated heterocycles. The van der Waals surface area contributed by atoms with Crippen LogP contribution in [-0.2, 0) is 0 Å². The summed E-state index contributed by atoms with van der Waals surface area (Å²) < 4.78 is 17.4. The van der Waals surface area contributed by atoms with Gasteiger partial charge < -0.3 is 14.2 Å². The Morgan fingerprint density at radius 3 is 2.36 bits per heavy atom. The molecule has 0 fully saturated rings. The summed E-state index contributed by atoms with van der Waals surface area (Å²) in [6.45, 7) is 0. The Labute approximate surface area is 167 Å². The van der Waals surface area contributed by atoms with E-state index in [-0.39, 0.29) is 5.91 Å². The number of benzene rings is 2. The summed E-state index contributed by atoms with van der Waals surface area (Å²) in [5.41, 5.74) is 3.68. The zero-order valence-electron chi connectivity index (χ0n) is 13.8. The SMILES string of the molecule is COc1cc(C(=O)N/N=C\c2cc(OC)c(OC)cc2Br)ccc1I. The predicted octanol–water partition coefficient (Wildman–Crippen LogP) is 3.84. The molecule has 25 heavy (non-hydrogen) atoms. The van der Waals surface area contributed by atoms with Crippen molar-refractivity contribution in [2.24, 2.45) is 5.10 Å². The van der Waals surface area contributed by atoms with Crippen molar-refractivity contribution in [1.29, 1.82) is 0 Å². The van der Waals surface area contributed by atoms with Crippen LogP contribution in [0, 0.1) is 3.57 Å². The van der Waals surface area contributed by atoms with E-state index in [1.807, 2.05) is 6.07 Å². The highest BCUT2D eigenvalue weighted by molar-refractivity contribution is 14.1. The number of amides is 1. The number of hydrogen-bond donors (Lipinski definition) is 1. The minimum atomic E-state index is -0.331. The van der Waals surface area contributed by atoms with Gasteiger partial charge in [-0.2, -0.15) is 5.10 Å². The second-order valence-electron chi connectivity index (χ2n) is 4.78. The Bertz CT molecular complexity index is 811. The Morgan fingerprint density at radius 1 is 1.08 bits per heavy atom. The van der Waals surface area contributed by atoms with Crippen LogP contribution in [0.3, 0.4) is 0 Å². The van der Waals surface area contributed by atoms with Crippen molar-refractivity contribution < 1.29 is 19.0 Å². The van der Waals surface area contributed by atoms with E-state index in [0.717, 1.165) is 13.6 Å². The van der Waals surface area contributed by atoms with E-state index in [9.17, 15) is 4.79 Å². The van der Waals surface area contributed by atoms with Crippen molar-refractivity contribution in [3.8, 4) is 17.2 Å². The van der Waals surface area contributed by atoms with Gasteiger partial charge in [-0.1, -0.05) is 0 Å². The van der Waals surface area contributed by atoms with E-state index >= 15 is 0 Å². The second-order valence-corrected chi connectivity index (χ2v) is 6.79. The smallest absolute Gasteiger partial charge is 0.271 e. The molecule has 0 aromatic heterocycles. The fraction of sp³-hybridized carbons (Fsp3) is 0.176. The maximum absolute atomic E-state index is 12.2. The number of hydrazone groups is 1. The first-order chi connectivity index (χ1) is 12.0. The number of carbonyl (C=O) groups excluding carboxylic acids is 1. The largest absolute Gasteiger partial charge is 0.496 e. The van der Waals surface area contributed by atoms with Gasteiger partial charge in [-0.3, -0.25) is 4.79 Å². The van der Waals surface area contributed by atoms with E-state index in [4.69, 9.17) is 14.2 Å². The topological polar surface area (TPSA) is 69.2 Å². The molecule has 0 spiro atoms. The lowest BCUT2D eigenvalue weighted by molar-refractivity contribution is 0.0954. The van der Waals surface area contributed by atoms with Crippen LogP contribution in [0.4, 0.5) is 0 Å². The van der Waals surface area contributed by atoms with E-state index in [2.05, 4.69) is 49.0 Å². The number of rotatable bonds is 6. The van der Waals surface area contributed by atoms with E-state index in [0.29, 0.717) is 22.8 Å². The van der Waals surface area contributed by atoms with Gasteiger partial charge in [0.15, 0.2) is 11.5 Å². The number of carbonyl (C=O) groups is 1. The Balaban J connectivity index is 2.14. The molecule has 6 nitrogen and oxygen atoms in total. The van der Waals surface area contributed by atoms with Crippen molar-refractivity contribution in [1.82, 2.24) is 5.43 Å². The monoisotopic (exact) mass is 518 g/mol. The Hall–Kier alpha value is -1.81. The maximum atomic E-state index is 12.2. The molecule has 0 aliphatic carbocycles. The number of nitrogens with zero attached hydrogens (tertiary/aromatic N) is 1. The van der Waals surface area contributed by atoms with Crippen LogP contribution in [0.25, 0.3) is 0 Å². The molecule has 8 heteroatoms. The highest BCUT2D eigenvalue weighted by Crippen LogP contribution is 2.32. The first-order valence-electron chi connectivity index (χ1n) is 7.08. The van der Waals surface area contributed by atoms with Crippen molar-refractivity contribution in [3.63, 3.8) is 0 Å². The third-order valence-electron chi connectivity index (χ3n) is 3.29. The zero-order chi connectivity index (χ0) is 18.4. The van der Waals surface area contributed by atoms with Gasteiger partial charge >= 0.3 is 0 Å². The molecule has 0 heterocycles. The van der Waals surface area contributed by atoms with Gasteiger partial charge in [-0.05, 0) is 68.9 Å². The van der Waals surface area contributed by atoms with E-state index in [1.165, 1.54) is 6.21 Å². The molecular formula is C17H16BrIN2O4. The van der Waals surface area contributed by atoms with Crippen LogP contribution in [-0.4, -0.2) is 33.5 Å². The average Bonchev–Trinajstić information content (AvgIpc) is 2.62. The predicted molar refractivity (Wildman–Crippen MR) is 108 cm³/mol. The summed E-state index contributed by atoms with van der Waals surface area (Å²) in [7, 11) is 4.68. The fourth-order valence-corrected chi connectivity index (χ4v) is 2.98. The van der Waals surface area contributed by atoms with Gasteiger partial charge in [0.25, 0.3) is 5.91 Å². The van der Waals surface area contributed by atoms with Crippen LogP contribution in [0.2, 0.25) is 0 Å². The normalized spacial score (nSPS) is 10.6. The first kappa shape index (κ1) is 19.5. The molecule has 0 atom stereocenters. The summed E-state index contributed by atoms with van der Waals surface area (Å²) in [4.78, 5) is 12.2. The summed E-state index contributed by atoms with van der Waals surface area (Å²) >= 11 is 5.57. The standard InChI is InChI=1S/C17H16BrIN2O4/c1-23-14-6-10(4-5-13(14)19)17(22)21-20-9-11-7-15(24-2)16(25-3)8-12(11)18/h4-9H,1-3H3,(H,21,22)/b20-9-. The van der Waals surface area contributed by atoms with E-state index in [1.54, 1.807) is 45.6 Å². The number of halogens is 2. The third kappa shape index (κ3) is 4.85. The number of nitrogens with one attached hydrogen (secondary N) is 1. The summed E-state index contributed by atoms with van der Waals surface area (Å²) in [6, 6.07) is 8.71. The molecule has 1 amide bonds. The lowest BCUT2D eigenvalue weighted by Crippen LogP contribution is -2.17. The molecule has 0 bridgehead atoms. The summed E-state index contributed by atoms with van der Waals surface area (Å²) in [6.07, 6.45) is 1.52. The minimum Gasteiger partial charge on any atom is -0.496 e. The molecular weight excluding hydrogens is 503 g/mol. The van der Waals surface area contributed by atoms with E-state index < -0.39 is 0 Å². The van der Waals surface area contributed by atoms with Gasteiger partial charge in [0.2, 0.25) is 0 Å². The Morgan fingerprint density at radius 2 is 1.72 bits per heavy atom. The van der Waals surface area contributed by atoms with Crippen LogP contribution >= 0.6 is 38.5 Å². The second kappa shape index (κ2) is 9.04. The van der Waals surface area contributed by atoms with Crippen LogP contribution in [0.5, 0.6) is 17.2 Å². The molecule has 2 rings (SSSR count). The lowest BCUT2D eigenvalue weighted by Gasteiger charge is -2.09. The van der Waals surface area contributed by atoms with Crippen LogP contribution in [0.1, 0.15) is 15.9 Å². The molecule has 0 aliphatic heterocycles. The first-order valence-corrected chi connectivity index (χ1v) is 8.95. The van der Waals surface area contributed by atoms with Gasteiger partial charge in [-0.15, -0.1) is 0 Å². The highest BCUT2D eigenvalue weighted by Gasteiger charge is 2.10. The average molecular weight is 519 g/mol. The Kier molecular flexibility index (Phi) is 7.06. The molecule has 0 radical (unpaired) electrons. The van der Waals surface area contributed by atoms with Gasteiger partial charge in [0, 0.05) is 15.6 Å². The maximum Gasteiger partial charge on any atom is 0.271 e. The highest BCUT2D eigenvalue weighted by atomic mass is 127. The molecule has 2 aromatic carbocycles. The van der Waals surface area contributed by atoms with Gasteiger partial charge in [-0.25, -0.2) is 5.43 Å². The molecule has 2 aromatic rings. The van der Waals surface area contributed by atoms with Crippen LogP contribution < -0.4 is 19.6 Å². The van der Waals surface area contributed by atoms with Crippen molar-refractivity contribution >= 4 is 50.6 Å². The molecule has 0 saturated carbocycles. The molecule has 0 aliphatic rings. The van der Waals surface area contributed by atoms with Crippen LogP contribution in [0.15, 0.2) is 39.9 Å². The van der Waals surface area contributed by atoms with Crippen molar-refractivity contribution in [3.05, 3.63) is 49.5 Å². The molecule has 0 unspecified atom stereocenters. The quantitative estimate of drug-likeness (QED) is 0.358. The van der Waals surface area contributed by atoms with Gasteiger partial charge in [0.1, 0.15) is 5.75 Å². The number of methoxy groups -OCH3 is 3. The number of ether oxygens (including phenoxy) is 3.